The third-order valence-electron chi connectivity index (χ3n) is 5.13. The van der Waals surface area contributed by atoms with E-state index in [1.54, 1.807) is 0 Å². The molecule has 2 aliphatic heterocycles. The minimum Gasteiger partial charge on any atom is -0.371 e. The molecule has 2 atom stereocenters. The summed E-state index contributed by atoms with van der Waals surface area (Å²) in [7, 11) is 0. The Morgan fingerprint density at radius 3 is 2.79 bits per heavy atom. The van der Waals surface area contributed by atoms with Crippen molar-refractivity contribution >= 4 is 5.69 Å². The second kappa shape index (κ2) is 4.52. The van der Waals surface area contributed by atoms with Crippen LogP contribution in [0.5, 0.6) is 0 Å². The Balaban J connectivity index is 1.83. The van der Waals surface area contributed by atoms with Crippen LogP contribution in [-0.2, 0) is 0 Å². The molecule has 2 heterocycles. The monoisotopic (exact) mass is 258 g/mol. The predicted octanol–water partition coefficient (Wildman–Crippen LogP) is 3.13. The Morgan fingerprint density at radius 1 is 1.26 bits per heavy atom. The standard InChI is InChI=1S/C17H26N2/c1-12-5-6-16(13(2)9-12)19-8-7-15-14(10-19)17(3,4)11-18-15/h5-6,9,14-15,18H,7-8,10-11H2,1-4H3. The van der Waals surface area contributed by atoms with Crippen molar-refractivity contribution < 1.29 is 0 Å². The van der Waals surface area contributed by atoms with Crippen molar-refractivity contribution in [2.75, 3.05) is 24.5 Å². The zero-order valence-electron chi connectivity index (χ0n) is 12.7. The quantitative estimate of drug-likeness (QED) is 0.832. The maximum Gasteiger partial charge on any atom is 0.0396 e. The van der Waals surface area contributed by atoms with Crippen molar-refractivity contribution in [2.45, 2.75) is 40.2 Å². The van der Waals surface area contributed by atoms with E-state index in [0.29, 0.717) is 5.41 Å². The van der Waals surface area contributed by atoms with Crippen LogP contribution in [0.4, 0.5) is 5.69 Å². The molecule has 0 saturated carbocycles. The highest BCUT2D eigenvalue weighted by Gasteiger charge is 2.44. The van der Waals surface area contributed by atoms with Crippen LogP contribution in [0.15, 0.2) is 18.2 Å². The number of hydrogen-bond acceptors (Lipinski definition) is 2. The van der Waals surface area contributed by atoms with Gasteiger partial charge in [0.15, 0.2) is 0 Å². The lowest BCUT2D eigenvalue weighted by atomic mass is 9.76. The van der Waals surface area contributed by atoms with Gasteiger partial charge in [-0.3, -0.25) is 0 Å². The second-order valence-corrected chi connectivity index (χ2v) is 7.11. The predicted molar refractivity (Wildman–Crippen MR) is 81.8 cm³/mol. The molecule has 19 heavy (non-hydrogen) atoms. The Hall–Kier alpha value is -1.02. The van der Waals surface area contributed by atoms with E-state index >= 15 is 0 Å². The molecule has 0 spiro atoms. The molecule has 104 valence electrons. The number of benzene rings is 1. The fourth-order valence-electron chi connectivity index (χ4n) is 3.89. The van der Waals surface area contributed by atoms with Crippen LogP contribution >= 0.6 is 0 Å². The molecule has 2 fully saturated rings. The molecule has 1 aromatic rings. The fourth-order valence-corrected chi connectivity index (χ4v) is 3.89. The van der Waals surface area contributed by atoms with Crippen molar-refractivity contribution in [2.24, 2.45) is 11.3 Å². The van der Waals surface area contributed by atoms with E-state index in [9.17, 15) is 0 Å². The molecule has 0 aromatic heterocycles. The number of nitrogens with one attached hydrogen (secondary N) is 1. The molecule has 0 amide bonds. The lowest BCUT2D eigenvalue weighted by Gasteiger charge is -2.41. The van der Waals surface area contributed by atoms with Crippen LogP contribution in [0.25, 0.3) is 0 Å². The lowest BCUT2D eigenvalue weighted by Crippen LogP contribution is -2.47. The van der Waals surface area contributed by atoms with Gasteiger partial charge in [0, 0.05) is 31.4 Å². The third kappa shape index (κ3) is 2.27. The van der Waals surface area contributed by atoms with E-state index in [2.05, 4.69) is 56.1 Å². The van der Waals surface area contributed by atoms with Gasteiger partial charge in [-0.1, -0.05) is 31.5 Å². The zero-order chi connectivity index (χ0) is 13.6. The first-order chi connectivity index (χ1) is 8.97. The largest absolute Gasteiger partial charge is 0.371 e. The summed E-state index contributed by atoms with van der Waals surface area (Å²) in [6.07, 6.45) is 1.28. The number of fused-ring (bicyclic) bond motifs is 1. The number of aryl methyl sites for hydroxylation is 2. The van der Waals surface area contributed by atoms with Crippen LogP contribution in [0.2, 0.25) is 0 Å². The summed E-state index contributed by atoms with van der Waals surface area (Å²) in [6.45, 7) is 12.8. The SMILES string of the molecule is Cc1ccc(N2CCC3NCC(C)(C)C3C2)c(C)c1. The van der Waals surface area contributed by atoms with E-state index in [-0.39, 0.29) is 0 Å². The smallest absolute Gasteiger partial charge is 0.0396 e. The highest BCUT2D eigenvalue weighted by molar-refractivity contribution is 5.55. The first-order valence-corrected chi connectivity index (χ1v) is 7.53. The van der Waals surface area contributed by atoms with E-state index in [4.69, 9.17) is 0 Å². The Labute approximate surface area is 117 Å². The summed E-state index contributed by atoms with van der Waals surface area (Å²) in [6, 6.07) is 7.59. The summed E-state index contributed by atoms with van der Waals surface area (Å²) in [5.41, 5.74) is 4.65. The molecule has 3 rings (SSSR count). The van der Waals surface area contributed by atoms with Gasteiger partial charge in [0.2, 0.25) is 0 Å². The van der Waals surface area contributed by atoms with Gasteiger partial charge in [0.05, 0.1) is 0 Å². The number of anilines is 1. The van der Waals surface area contributed by atoms with Crippen LogP contribution in [0.3, 0.4) is 0 Å². The third-order valence-corrected chi connectivity index (χ3v) is 5.13. The molecule has 0 aliphatic carbocycles. The average molecular weight is 258 g/mol. The Morgan fingerprint density at radius 2 is 2.05 bits per heavy atom. The molecule has 1 aromatic carbocycles. The van der Waals surface area contributed by atoms with Gasteiger partial charge in [-0.25, -0.2) is 0 Å². The van der Waals surface area contributed by atoms with E-state index < -0.39 is 0 Å². The maximum atomic E-state index is 3.72. The van der Waals surface area contributed by atoms with Crippen LogP contribution in [0, 0.1) is 25.2 Å². The summed E-state index contributed by atoms with van der Waals surface area (Å²) >= 11 is 0. The zero-order valence-corrected chi connectivity index (χ0v) is 12.7. The molecule has 1 N–H and O–H groups in total. The van der Waals surface area contributed by atoms with Crippen LogP contribution < -0.4 is 10.2 Å². The van der Waals surface area contributed by atoms with Crippen molar-refractivity contribution in [1.29, 1.82) is 0 Å². The Kier molecular flexibility index (Phi) is 3.09. The minimum atomic E-state index is 0.432. The van der Waals surface area contributed by atoms with Crippen molar-refractivity contribution in [3.8, 4) is 0 Å². The maximum absolute atomic E-state index is 3.72. The number of piperidine rings is 1. The van der Waals surface area contributed by atoms with Crippen LogP contribution in [-0.4, -0.2) is 25.7 Å². The molecule has 2 nitrogen and oxygen atoms in total. The second-order valence-electron chi connectivity index (χ2n) is 7.11. The summed E-state index contributed by atoms with van der Waals surface area (Å²) in [4.78, 5) is 2.60. The van der Waals surface area contributed by atoms with Gasteiger partial charge < -0.3 is 10.2 Å². The van der Waals surface area contributed by atoms with Gasteiger partial charge in [0.1, 0.15) is 0 Å². The van der Waals surface area contributed by atoms with Crippen LogP contribution in [0.1, 0.15) is 31.4 Å². The molecule has 2 aliphatic rings. The van der Waals surface area contributed by atoms with Gasteiger partial charge in [-0.15, -0.1) is 0 Å². The first kappa shape index (κ1) is 13.0. The fraction of sp³-hybridized carbons (Fsp3) is 0.647. The van der Waals surface area contributed by atoms with Gasteiger partial charge in [0.25, 0.3) is 0 Å². The lowest BCUT2D eigenvalue weighted by molar-refractivity contribution is 0.237. The van der Waals surface area contributed by atoms with E-state index in [1.807, 2.05) is 0 Å². The first-order valence-electron chi connectivity index (χ1n) is 7.53. The molecule has 0 bridgehead atoms. The molecule has 2 heteroatoms. The molecular formula is C17H26N2. The number of nitrogens with zero attached hydrogens (tertiary/aromatic N) is 1. The molecule has 2 unspecified atom stereocenters. The molecule has 2 saturated heterocycles. The highest BCUT2D eigenvalue weighted by atomic mass is 15.2. The average Bonchev–Trinajstić information content (AvgIpc) is 2.65. The summed E-state index contributed by atoms with van der Waals surface area (Å²) in [5.74, 6) is 0.780. The summed E-state index contributed by atoms with van der Waals surface area (Å²) < 4.78 is 0. The van der Waals surface area contributed by atoms with Gasteiger partial charge >= 0.3 is 0 Å². The van der Waals surface area contributed by atoms with Crippen molar-refractivity contribution in [3.63, 3.8) is 0 Å². The molecule has 0 radical (unpaired) electrons. The Bertz CT molecular complexity index is 478. The highest BCUT2D eigenvalue weighted by Crippen LogP contribution is 2.40. The van der Waals surface area contributed by atoms with E-state index in [1.165, 1.54) is 42.9 Å². The number of rotatable bonds is 1. The van der Waals surface area contributed by atoms with Crippen molar-refractivity contribution in [1.82, 2.24) is 5.32 Å². The van der Waals surface area contributed by atoms with Crippen molar-refractivity contribution in [3.05, 3.63) is 29.3 Å². The summed E-state index contributed by atoms with van der Waals surface area (Å²) in [5, 5.41) is 3.72. The molecular weight excluding hydrogens is 232 g/mol. The number of hydrogen-bond donors (Lipinski definition) is 1. The minimum absolute atomic E-state index is 0.432. The van der Waals surface area contributed by atoms with E-state index in [0.717, 1.165) is 12.0 Å². The van der Waals surface area contributed by atoms with Gasteiger partial charge in [-0.2, -0.15) is 0 Å². The normalized spacial score (nSPS) is 29.4. The topological polar surface area (TPSA) is 15.3 Å². The van der Waals surface area contributed by atoms with Gasteiger partial charge in [-0.05, 0) is 43.2 Å².